The Morgan fingerprint density at radius 3 is 2.76 bits per heavy atom. The van der Waals surface area contributed by atoms with Crippen molar-refractivity contribution in [1.82, 2.24) is 10.6 Å². The monoisotopic (exact) mass is 238 g/mol. The summed E-state index contributed by atoms with van der Waals surface area (Å²) >= 11 is 0. The zero-order valence-electron chi connectivity index (χ0n) is 11.7. The summed E-state index contributed by atoms with van der Waals surface area (Å²) in [6.07, 6.45) is 12.4. The number of hydrogen-bond acceptors (Lipinski definition) is 2. The summed E-state index contributed by atoms with van der Waals surface area (Å²) in [4.78, 5) is 0. The molecule has 0 amide bonds. The van der Waals surface area contributed by atoms with E-state index in [0.717, 1.165) is 6.04 Å². The largest absolute Gasteiger partial charge is 0.311 e. The van der Waals surface area contributed by atoms with Gasteiger partial charge in [0.05, 0.1) is 0 Å². The van der Waals surface area contributed by atoms with Crippen molar-refractivity contribution in [2.24, 2.45) is 0 Å². The van der Waals surface area contributed by atoms with Crippen LogP contribution in [0.2, 0.25) is 0 Å². The van der Waals surface area contributed by atoms with E-state index in [4.69, 9.17) is 0 Å². The molecule has 1 aliphatic carbocycles. The lowest BCUT2D eigenvalue weighted by molar-refractivity contribution is 0.151. The third-order valence-corrected chi connectivity index (χ3v) is 4.68. The van der Waals surface area contributed by atoms with Crippen LogP contribution in [0.4, 0.5) is 0 Å². The number of nitrogens with one attached hydrogen (secondary N) is 2. The van der Waals surface area contributed by atoms with E-state index >= 15 is 0 Å². The first-order chi connectivity index (χ1) is 8.24. The molecule has 0 radical (unpaired) electrons. The Morgan fingerprint density at radius 2 is 2.06 bits per heavy atom. The molecule has 1 spiro atoms. The van der Waals surface area contributed by atoms with Crippen molar-refractivity contribution in [1.29, 1.82) is 0 Å². The second-order valence-corrected chi connectivity index (χ2v) is 6.31. The molecule has 0 aromatic heterocycles. The molecule has 2 nitrogen and oxygen atoms in total. The van der Waals surface area contributed by atoms with Crippen LogP contribution in [-0.2, 0) is 0 Å². The molecule has 1 heterocycles. The van der Waals surface area contributed by atoms with E-state index in [1.807, 2.05) is 0 Å². The van der Waals surface area contributed by atoms with Crippen molar-refractivity contribution in [3.63, 3.8) is 0 Å². The number of rotatable bonds is 4. The van der Waals surface area contributed by atoms with Crippen LogP contribution in [0.3, 0.4) is 0 Å². The Labute approximate surface area is 107 Å². The summed E-state index contributed by atoms with van der Waals surface area (Å²) in [5, 5.41) is 7.68. The predicted octanol–water partition coefficient (Wildman–Crippen LogP) is 3.22. The first-order valence-electron chi connectivity index (χ1n) is 7.75. The van der Waals surface area contributed by atoms with E-state index in [1.165, 1.54) is 64.3 Å². The zero-order valence-corrected chi connectivity index (χ0v) is 11.7. The highest BCUT2D eigenvalue weighted by Gasteiger charge is 2.36. The van der Waals surface area contributed by atoms with E-state index in [1.54, 1.807) is 0 Å². The lowest BCUT2D eigenvalue weighted by atomic mass is 9.75. The van der Waals surface area contributed by atoms with Gasteiger partial charge in [0.15, 0.2) is 0 Å². The minimum atomic E-state index is 0.500. The average molecular weight is 238 g/mol. The molecule has 0 aromatic carbocycles. The standard InChI is InChI=1S/C15H30N2/c1-3-7-13(2)17-14-8-11-16-15(12-14)9-5-4-6-10-15/h13-14,16-17H,3-12H2,1-2H3. The minimum absolute atomic E-state index is 0.500. The van der Waals surface area contributed by atoms with Crippen molar-refractivity contribution in [3.05, 3.63) is 0 Å². The van der Waals surface area contributed by atoms with Crippen molar-refractivity contribution >= 4 is 0 Å². The highest BCUT2D eigenvalue weighted by Crippen LogP contribution is 2.34. The Morgan fingerprint density at radius 1 is 1.29 bits per heavy atom. The number of piperidine rings is 1. The van der Waals surface area contributed by atoms with Gasteiger partial charge in [-0.1, -0.05) is 32.6 Å². The summed E-state index contributed by atoms with van der Waals surface area (Å²) < 4.78 is 0. The van der Waals surface area contributed by atoms with Gasteiger partial charge in [0.25, 0.3) is 0 Å². The molecular weight excluding hydrogens is 208 g/mol. The van der Waals surface area contributed by atoms with Crippen LogP contribution in [-0.4, -0.2) is 24.2 Å². The SMILES string of the molecule is CCCC(C)NC1CCNC2(CCCCC2)C1. The van der Waals surface area contributed by atoms with Crippen LogP contribution in [0.25, 0.3) is 0 Å². The summed E-state index contributed by atoms with van der Waals surface area (Å²) in [5.41, 5.74) is 0.500. The van der Waals surface area contributed by atoms with Gasteiger partial charge in [0.1, 0.15) is 0 Å². The summed E-state index contributed by atoms with van der Waals surface area (Å²) in [6, 6.07) is 1.46. The molecule has 0 bridgehead atoms. The van der Waals surface area contributed by atoms with E-state index in [2.05, 4.69) is 24.5 Å². The van der Waals surface area contributed by atoms with Gasteiger partial charge in [-0.25, -0.2) is 0 Å². The third kappa shape index (κ3) is 3.69. The van der Waals surface area contributed by atoms with Crippen LogP contribution in [0, 0.1) is 0 Å². The van der Waals surface area contributed by atoms with Crippen molar-refractivity contribution in [2.75, 3.05) is 6.54 Å². The molecule has 1 aliphatic heterocycles. The molecule has 2 N–H and O–H groups in total. The van der Waals surface area contributed by atoms with Gasteiger partial charge < -0.3 is 10.6 Å². The van der Waals surface area contributed by atoms with E-state index in [9.17, 15) is 0 Å². The Bertz CT molecular complexity index is 215. The van der Waals surface area contributed by atoms with Gasteiger partial charge in [-0.05, 0) is 45.6 Å². The second-order valence-electron chi connectivity index (χ2n) is 6.31. The Hall–Kier alpha value is -0.0800. The van der Waals surface area contributed by atoms with Crippen molar-refractivity contribution in [2.45, 2.75) is 89.3 Å². The van der Waals surface area contributed by atoms with Crippen molar-refractivity contribution < 1.29 is 0 Å². The summed E-state index contributed by atoms with van der Waals surface area (Å²) in [7, 11) is 0. The molecule has 2 unspecified atom stereocenters. The lowest BCUT2D eigenvalue weighted by Crippen LogP contribution is -2.57. The molecular formula is C15H30N2. The minimum Gasteiger partial charge on any atom is -0.311 e. The Kier molecular flexibility index (Phi) is 4.87. The fourth-order valence-electron chi connectivity index (χ4n) is 3.83. The highest BCUT2D eigenvalue weighted by atomic mass is 15.0. The molecule has 2 aliphatic rings. The molecule has 100 valence electrons. The smallest absolute Gasteiger partial charge is 0.0196 e. The fourth-order valence-corrected chi connectivity index (χ4v) is 3.83. The first kappa shape index (κ1) is 13.4. The normalized spacial score (nSPS) is 30.4. The molecule has 2 heteroatoms. The molecule has 2 rings (SSSR count). The molecule has 1 saturated carbocycles. The molecule has 2 atom stereocenters. The van der Waals surface area contributed by atoms with E-state index in [0.29, 0.717) is 11.6 Å². The van der Waals surface area contributed by atoms with E-state index in [-0.39, 0.29) is 0 Å². The first-order valence-corrected chi connectivity index (χ1v) is 7.75. The number of hydrogen-bond donors (Lipinski definition) is 2. The van der Waals surface area contributed by atoms with Gasteiger partial charge in [-0.15, -0.1) is 0 Å². The maximum atomic E-state index is 3.85. The zero-order chi connectivity index (χ0) is 12.1. The van der Waals surface area contributed by atoms with Gasteiger partial charge in [-0.3, -0.25) is 0 Å². The van der Waals surface area contributed by atoms with E-state index < -0.39 is 0 Å². The van der Waals surface area contributed by atoms with Gasteiger partial charge in [0, 0.05) is 17.6 Å². The predicted molar refractivity (Wildman–Crippen MR) is 74.3 cm³/mol. The van der Waals surface area contributed by atoms with Crippen molar-refractivity contribution in [3.8, 4) is 0 Å². The lowest BCUT2D eigenvalue weighted by Gasteiger charge is -2.45. The molecule has 0 aromatic rings. The van der Waals surface area contributed by atoms with Crippen LogP contribution in [0.15, 0.2) is 0 Å². The quantitative estimate of drug-likeness (QED) is 0.786. The van der Waals surface area contributed by atoms with Crippen LogP contribution in [0.1, 0.15) is 71.6 Å². The summed E-state index contributed by atoms with van der Waals surface area (Å²) in [5.74, 6) is 0. The van der Waals surface area contributed by atoms with Gasteiger partial charge in [-0.2, -0.15) is 0 Å². The molecule has 1 saturated heterocycles. The van der Waals surface area contributed by atoms with Gasteiger partial charge in [0.2, 0.25) is 0 Å². The summed E-state index contributed by atoms with van der Waals surface area (Å²) in [6.45, 7) is 5.85. The fraction of sp³-hybridized carbons (Fsp3) is 1.00. The maximum Gasteiger partial charge on any atom is 0.0196 e. The van der Waals surface area contributed by atoms with Crippen LogP contribution >= 0.6 is 0 Å². The highest BCUT2D eigenvalue weighted by molar-refractivity contribution is 4.98. The third-order valence-electron chi connectivity index (χ3n) is 4.68. The maximum absolute atomic E-state index is 3.85. The Balaban J connectivity index is 1.83. The second kappa shape index (κ2) is 6.19. The van der Waals surface area contributed by atoms with Gasteiger partial charge >= 0.3 is 0 Å². The average Bonchev–Trinajstić information content (AvgIpc) is 2.30. The topological polar surface area (TPSA) is 24.1 Å². The molecule has 2 fully saturated rings. The van der Waals surface area contributed by atoms with Crippen LogP contribution in [0.5, 0.6) is 0 Å². The van der Waals surface area contributed by atoms with Crippen LogP contribution < -0.4 is 10.6 Å². The molecule has 17 heavy (non-hydrogen) atoms.